The Kier molecular flexibility index (Phi) is 7.78. The Balaban J connectivity index is 1.78. The average Bonchev–Trinajstić information content (AvgIpc) is 2.59. The predicted octanol–water partition coefficient (Wildman–Crippen LogP) is 2.64. The van der Waals surface area contributed by atoms with Crippen LogP contribution < -0.4 is 5.32 Å². The molecule has 0 saturated carbocycles. The molecule has 2 rings (SSSR count). The minimum atomic E-state index is -3.31. The van der Waals surface area contributed by atoms with E-state index in [9.17, 15) is 17.6 Å². The van der Waals surface area contributed by atoms with Gasteiger partial charge in [-0.3, -0.25) is 4.79 Å². The van der Waals surface area contributed by atoms with Crippen molar-refractivity contribution in [2.24, 2.45) is 0 Å². The minimum absolute atomic E-state index is 0.145. The first-order chi connectivity index (χ1) is 12.3. The summed E-state index contributed by atoms with van der Waals surface area (Å²) in [4.78, 5) is 12.0. The number of nitrogens with one attached hydrogen (secondary N) is 1. The Labute approximate surface area is 155 Å². The van der Waals surface area contributed by atoms with Gasteiger partial charge >= 0.3 is 0 Å². The number of amides is 1. The van der Waals surface area contributed by atoms with Crippen LogP contribution in [0, 0.1) is 5.82 Å². The van der Waals surface area contributed by atoms with Gasteiger partial charge in [0.15, 0.2) is 0 Å². The Morgan fingerprint density at radius 3 is 2.54 bits per heavy atom. The van der Waals surface area contributed by atoms with Gasteiger partial charge in [-0.1, -0.05) is 23.8 Å². The second kappa shape index (κ2) is 9.83. The SMILES string of the molecule is CS(=O)(=O)N(CCNC(=O)Cc1ccc(F)cc1)CCC1=CCCCC1. The molecule has 26 heavy (non-hydrogen) atoms. The fraction of sp³-hybridized carbons (Fsp3) is 0.526. The van der Waals surface area contributed by atoms with Crippen molar-refractivity contribution >= 4 is 15.9 Å². The number of carbonyl (C=O) groups excluding carboxylic acids is 1. The standard InChI is InChI=1S/C19H27FN2O3S/c1-26(24,25)22(13-11-16-5-3-2-4-6-16)14-12-21-19(23)15-17-7-9-18(20)10-8-17/h5,7-10H,2-4,6,11-15H2,1H3,(H,21,23). The molecule has 1 amide bonds. The molecule has 0 bridgehead atoms. The van der Waals surface area contributed by atoms with Crippen molar-refractivity contribution in [3.05, 3.63) is 47.3 Å². The van der Waals surface area contributed by atoms with Crippen LogP contribution in [-0.2, 0) is 21.2 Å². The highest BCUT2D eigenvalue weighted by Gasteiger charge is 2.17. The number of halogens is 1. The smallest absolute Gasteiger partial charge is 0.224 e. The number of benzene rings is 1. The minimum Gasteiger partial charge on any atom is -0.354 e. The monoisotopic (exact) mass is 382 g/mol. The molecular weight excluding hydrogens is 355 g/mol. The third-order valence-corrected chi connectivity index (χ3v) is 5.80. The molecule has 7 heteroatoms. The van der Waals surface area contributed by atoms with Crippen molar-refractivity contribution in [3.8, 4) is 0 Å². The molecule has 1 aromatic carbocycles. The van der Waals surface area contributed by atoms with Crippen LogP contribution in [0.3, 0.4) is 0 Å². The van der Waals surface area contributed by atoms with Gasteiger partial charge in [-0.25, -0.2) is 17.1 Å². The van der Waals surface area contributed by atoms with E-state index in [-0.39, 0.29) is 31.2 Å². The van der Waals surface area contributed by atoms with Crippen molar-refractivity contribution < 1.29 is 17.6 Å². The van der Waals surface area contributed by atoms with Crippen LogP contribution in [0.5, 0.6) is 0 Å². The normalized spacial score (nSPS) is 15.0. The number of sulfonamides is 1. The number of carbonyl (C=O) groups is 1. The molecule has 0 aromatic heterocycles. The van der Waals surface area contributed by atoms with Gasteiger partial charge in [0, 0.05) is 19.6 Å². The average molecular weight is 383 g/mol. The van der Waals surface area contributed by atoms with Gasteiger partial charge in [-0.15, -0.1) is 0 Å². The molecular formula is C19H27FN2O3S. The van der Waals surface area contributed by atoms with E-state index in [4.69, 9.17) is 0 Å². The molecule has 0 radical (unpaired) electrons. The summed E-state index contributed by atoms with van der Waals surface area (Å²) in [6.07, 6.45) is 8.81. The highest BCUT2D eigenvalue weighted by Crippen LogP contribution is 2.20. The Morgan fingerprint density at radius 1 is 1.19 bits per heavy atom. The number of hydrogen-bond acceptors (Lipinski definition) is 3. The predicted molar refractivity (Wildman–Crippen MR) is 101 cm³/mol. The number of hydrogen-bond donors (Lipinski definition) is 1. The maximum Gasteiger partial charge on any atom is 0.224 e. The first-order valence-electron chi connectivity index (χ1n) is 8.99. The fourth-order valence-electron chi connectivity index (χ4n) is 3.01. The maximum absolute atomic E-state index is 12.9. The number of nitrogens with zero attached hydrogens (tertiary/aromatic N) is 1. The van der Waals surface area contributed by atoms with Gasteiger partial charge < -0.3 is 5.32 Å². The summed E-state index contributed by atoms with van der Waals surface area (Å²) >= 11 is 0. The summed E-state index contributed by atoms with van der Waals surface area (Å²) in [5, 5.41) is 2.73. The van der Waals surface area contributed by atoms with Crippen LogP contribution in [0.2, 0.25) is 0 Å². The summed E-state index contributed by atoms with van der Waals surface area (Å²) < 4.78 is 38.2. The van der Waals surface area contributed by atoms with E-state index < -0.39 is 10.0 Å². The van der Waals surface area contributed by atoms with Gasteiger partial charge in [-0.05, 0) is 49.8 Å². The van der Waals surface area contributed by atoms with Gasteiger partial charge in [-0.2, -0.15) is 0 Å². The summed E-state index contributed by atoms with van der Waals surface area (Å²) in [6.45, 7) is 0.950. The zero-order valence-electron chi connectivity index (χ0n) is 15.2. The van der Waals surface area contributed by atoms with Gasteiger partial charge in [0.25, 0.3) is 0 Å². The van der Waals surface area contributed by atoms with Crippen molar-refractivity contribution in [3.63, 3.8) is 0 Å². The van der Waals surface area contributed by atoms with Gasteiger partial charge in [0.05, 0.1) is 12.7 Å². The van der Waals surface area contributed by atoms with Gasteiger partial charge in [0.2, 0.25) is 15.9 Å². The van der Waals surface area contributed by atoms with E-state index in [0.717, 1.165) is 19.3 Å². The fourth-order valence-corrected chi connectivity index (χ4v) is 3.86. The third kappa shape index (κ3) is 7.25. The highest BCUT2D eigenvalue weighted by molar-refractivity contribution is 7.88. The van der Waals surface area contributed by atoms with Crippen LogP contribution in [0.4, 0.5) is 4.39 Å². The first-order valence-corrected chi connectivity index (χ1v) is 10.8. The lowest BCUT2D eigenvalue weighted by molar-refractivity contribution is -0.120. The Morgan fingerprint density at radius 2 is 1.92 bits per heavy atom. The summed E-state index contributed by atoms with van der Waals surface area (Å²) in [7, 11) is -3.31. The molecule has 1 aromatic rings. The van der Waals surface area contributed by atoms with Gasteiger partial charge in [0.1, 0.15) is 5.82 Å². The largest absolute Gasteiger partial charge is 0.354 e. The molecule has 144 valence electrons. The summed E-state index contributed by atoms with van der Waals surface area (Å²) in [6, 6.07) is 5.76. The van der Waals surface area contributed by atoms with Crippen molar-refractivity contribution in [2.45, 2.75) is 38.5 Å². The van der Waals surface area contributed by atoms with Crippen molar-refractivity contribution in [2.75, 3.05) is 25.9 Å². The zero-order chi connectivity index (χ0) is 19.0. The van der Waals surface area contributed by atoms with Crippen molar-refractivity contribution in [1.29, 1.82) is 0 Å². The van der Waals surface area contributed by atoms with E-state index in [0.29, 0.717) is 12.1 Å². The van der Waals surface area contributed by atoms with Crippen LogP contribution in [0.15, 0.2) is 35.9 Å². The molecule has 0 atom stereocenters. The van der Waals surface area contributed by atoms with Crippen LogP contribution in [-0.4, -0.2) is 44.5 Å². The van der Waals surface area contributed by atoms with Crippen LogP contribution >= 0.6 is 0 Å². The van der Waals surface area contributed by atoms with E-state index in [2.05, 4.69) is 11.4 Å². The summed E-state index contributed by atoms with van der Waals surface area (Å²) in [5.41, 5.74) is 2.04. The van der Waals surface area contributed by atoms with E-state index >= 15 is 0 Å². The molecule has 1 N–H and O–H groups in total. The molecule has 0 heterocycles. The lowest BCUT2D eigenvalue weighted by Crippen LogP contribution is -2.39. The first kappa shape index (κ1) is 20.6. The number of rotatable bonds is 9. The summed E-state index contributed by atoms with van der Waals surface area (Å²) in [5.74, 6) is -0.550. The molecule has 0 unspecified atom stereocenters. The Bertz CT molecular complexity index is 730. The van der Waals surface area contributed by atoms with Crippen molar-refractivity contribution in [1.82, 2.24) is 9.62 Å². The maximum atomic E-state index is 12.9. The lowest BCUT2D eigenvalue weighted by Gasteiger charge is -2.22. The topological polar surface area (TPSA) is 66.5 Å². The second-order valence-electron chi connectivity index (χ2n) is 6.67. The molecule has 0 saturated heterocycles. The molecule has 1 aliphatic rings. The van der Waals surface area contributed by atoms with Crippen LogP contribution in [0.1, 0.15) is 37.7 Å². The number of allylic oxidation sites excluding steroid dienone is 1. The Hall–Kier alpha value is -1.73. The van der Waals surface area contributed by atoms with E-state index in [1.807, 2.05) is 0 Å². The molecule has 0 aliphatic heterocycles. The highest BCUT2D eigenvalue weighted by atomic mass is 32.2. The zero-order valence-corrected chi connectivity index (χ0v) is 16.0. The molecule has 1 aliphatic carbocycles. The molecule has 0 spiro atoms. The van der Waals surface area contributed by atoms with Crippen LogP contribution in [0.25, 0.3) is 0 Å². The molecule has 5 nitrogen and oxygen atoms in total. The lowest BCUT2D eigenvalue weighted by atomic mass is 9.97. The quantitative estimate of drug-likeness (QED) is 0.668. The van der Waals surface area contributed by atoms with E-state index in [1.54, 1.807) is 12.1 Å². The van der Waals surface area contributed by atoms with E-state index in [1.165, 1.54) is 41.1 Å². The second-order valence-corrected chi connectivity index (χ2v) is 8.66. The third-order valence-electron chi connectivity index (χ3n) is 4.50. The molecule has 0 fully saturated rings.